The Morgan fingerprint density at radius 3 is 2.10 bits per heavy atom. The lowest BCUT2D eigenvalue weighted by atomic mass is 10.1. The van der Waals surface area contributed by atoms with Crippen molar-refractivity contribution < 1.29 is 23.7 Å². The Morgan fingerprint density at radius 2 is 1.62 bits per heavy atom. The van der Waals surface area contributed by atoms with E-state index in [1.165, 1.54) is 0 Å². The van der Waals surface area contributed by atoms with E-state index in [0.717, 1.165) is 17.0 Å². The number of methoxy groups -OCH3 is 3. The molecule has 0 saturated carbocycles. The van der Waals surface area contributed by atoms with Crippen LogP contribution in [0.15, 0.2) is 18.3 Å². The molecule has 0 aliphatic carbocycles. The van der Waals surface area contributed by atoms with Crippen LogP contribution >= 0.6 is 10.0 Å². The Kier molecular flexibility index (Phi) is 11.1. The molecule has 3 aromatic rings. The van der Waals surface area contributed by atoms with E-state index in [1.54, 1.807) is 27.5 Å². The summed E-state index contributed by atoms with van der Waals surface area (Å²) in [6.07, 6.45) is 8.47. The second-order valence-corrected chi connectivity index (χ2v) is 15.4. The van der Waals surface area contributed by atoms with E-state index in [-0.39, 0.29) is 5.91 Å². The van der Waals surface area contributed by atoms with Crippen molar-refractivity contribution in [2.75, 3.05) is 52.5 Å². The molecule has 0 bridgehead atoms. The van der Waals surface area contributed by atoms with Crippen LogP contribution in [0.3, 0.4) is 0 Å². The molecule has 3 rings (SSSR count). The zero-order valence-electron chi connectivity index (χ0n) is 25.6. The molecule has 0 spiro atoms. The van der Waals surface area contributed by atoms with Crippen molar-refractivity contribution in [3.05, 3.63) is 29.6 Å². The lowest BCUT2D eigenvalue weighted by molar-refractivity contribution is 0.0891. The molecule has 1 amide bonds. The number of benzene rings is 1. The molecule has 2 heterocycles. The van der Waals surface area contributed by atoms with Gasteiger partial charge in [-0.2, -0.15) is 0 Å². The van der Waals surface area contributed by atoms with Gasteiger partial charge in [0.25, 0.3) is 5.91 Å². The topological polar surface area (TPSA) is 96.7 Å². The SMILES string of the molecule is CC.COc1cc(-c2cnc3c(n2)c(C(=O)NC(C)(C)C)c(C)n3COCCS(C)(C)C)cc(OC)c1OC. The predicted molar refractivity (Wildman–Crippen MR) is 162 cm³/mol. The van der Waals surface area contributed by atoms with E-state index in [4.69, 9.17) is 28.9 Å². The molecular formula is C29H46N4O5S. The fraction of sp³-hybridized carbons (Fsp3) is 0.552. The number of ether oxygens (including phenoxy) is 4. The minimum Gasteiger partial charge on any atom is -0.493 e. The van der Waals surface area contributed by atoms with Crippen molar-refractivity contribution in [2.24, 2.45) is 0 Å². The Balaban J connectivity index is 0.00000260. The highest BCUT2D eigenvalue weighted by molar-refractivity contribution is 8.32. The van der Waals surface area contributed by atoms with E-state index in [0.29, 0.717) is 53.0 Å². The molecule has 9 nitrogen and oxygen atoms in total. The van der Waals surface area contributed by atoms with E-state index >= 15 is 0 Å². The van der Waals surface area contributed by atoms with Gasteiger partial charge in [-0.1, -0.05) is 13.8 Å². The van der Waals surface area contributed by atoms with Gasteiger partial charge in [0.15, 0.2) is 17.1 Å². The van der Waals surface area contributed by atoms with Crippen molar-refractivity contribution >= 4 is 27.1 Å². The van der Waals surface area contributed by atoms with Gasteiger partial charge in [-0.3, -0.25) is 4.79 Å². The first kappa shape index (κ1) is 32.2. The first-order valence-corrected chi connectivity index (χ1v) is 16.0. The molecule has 0 fully saturated rings. The molecule has 1 N–H and O–H groups in total. The van der Waals surface area contributed by atoms with Crippen LogP contribution in [0, 0.1) is 6.92 Å². The molecule has 1 aromatic carbocycles. The number of carbonyl (C=O) groups is 1. The van der Waals surface area contributed by atoms with Crippen molar-refractivity contribution in [1.29, 1.82) is 0 Å². The quantitative estimate of drug-likeness (QED) is 0.319. The lowest BCUT2D eigenvalue weighted by Crippen LogP contribution is -2.40. The normalized spacial score (nSPS) is 12.0. The summed E-state index contributed by atoms with van der Waals surface area (Å²) in [6, 6.07) is 3.63. The number of hydrogen-bond acceptors (Lipinski definition) is 7. The smallest absolute Gasteiger partial charge is 0.255 e. The summed E-state index contributed by atoms with van der Waals surface area (Å²) < 4.78 is 24.4. The molecule has 0 radical (unpaired) electrons. The van der Waals surface area contributed by atoms with Gasteiger partial charge >= 0.3 is 0 Å². The van der Waals surface area contributed by atoms with Crippen LogP contribution < -0.4 is 19.5 Å². The molecule has 0 unspecified atom stereocenters. The summed E-state index contributed by atoms with van der Waals surface area (Å²) in [5.41, 5.74) is 3.23. The average Bonchev–Trinajstić information content (AvgIpc) is 3.15. The molecule has 0 aliphatic heterocycles. The Bertz CT molecular complexity index is 1250. The van der Waals surface area contributed by atoms with Crippen LogP contribution in [0.1, 0.15) is 50.7 Å². The first-order valence-electron chi connectivity index (χ1n) is 13.0. The van der Waals surface area contributed by atoms with Gasteiger partial charge in [0.05, 0.1) is 45.4 Å². The molecule has 218 valence electrons. The van der Waals surface area contributed by atoms with Gasteiger partial charge in [-0.15, -0.1) is 0 Å². The fourth-order valence-electron chi connectivity index (χ4n) is 3.88. The molecule has 10 heteroatoms. The van der Waals surface area contributed by atoms with Crippen molar-refractivity contribution in [2.45, 2.75) is 53.8 Å². The Labute approximate surface area is 234 Å². The molecule has 2 aromatic heterocycles. The maximum atomic E-state index is 13.4. The Hall–Kier alpha value is -2.98. The zero-order valence-corrected chi connectivity index (χ0v) is 26.5. The Morgan fingerprint density at radius 1 is 1.03 bits per heavy atom. The minimum atomic E-state index is -0.668. The standard InChI is InChI=1S/C27H40N4O5S.C2H6/c1-17-22(26(32)30-27(2,3)4)23-25(31(17)16-36-11-12-37(8,9)10)28-15-19(29-23)18-13-20(33-5)24(35-7)21(14-18)34-6;1-2/h13-15H,11-12,16H2,1-10H3,(H,30,32);1-2H3. The highest BCUT2D eigenvalue weighted by Crippen LogP contribution is 2.41. The van der Waals surface area contributed by atoms with Crippen molar-refractivity contribution in [3.63, 3.8) is 0 Å². The van der Waals surface area contributed by atoms with Gasteiger partial charge in [0.1, 0.15) is 12.2 Å². The third-order valence-corrected chi connectivity index (χ3v) is 7.14. The summed E-state index contributed by atoms with van der Waals surface area (Å²) in [5, 5.41) is 3.07. The maximum Gasteiger partial charge on any atom is 0.255 e. The van der Waals surface area contributed by atoms with Crippen LogP contribution in [0.25, 0.3) is 22.4 Å². The number of nitrogens with one attached hydrogen (secondary N) is 1. The van der Waals surface area contributed by atoms with Crippen molar-refractivity contribution in [1.82, 2.24) is 19.9 Å². The average molecular weight is 563 g/mol. The summed E-state index contributed by atoms with van der Waals surface area (Å²) in [6.45, 7) is 12.7. The highest BCUT2D eigenvalue weighted by atomic mass is 32.3. The fourth-order valence-corrected chi connectivity index (χ4v) is 4.50. The third kappa shape index (κ3) is 8.02. The van der Waals surface area contributed by atoms with Crippen LogP contribution in [0.2, 0.25) is 0 Å². The van der Waals surface area contributed by atoms with Crippen LogP contribution in [0.4, 0.5) is 0 Å². The van der Waals surface area contributed by atoms with Gasteiger partial charge in [-0.25, -0.2) is 20.0 Å². The van der Waals surface area contributed by atoms with Crippen molar-refractivity contribution in [3.8, 4) is 28.5 Å². The first-order chi connectivity index (χ1) is 18.3. The zero-order chi connectivity index (χ0) is 29.5. The number of fused-ring (bicyclic) bond motifs is 1. The van der Waals surface area contributed by atoms with Crippen LogP contribution in [-0.4, -0.2) is 78.4 Å². The lowest BCUT2D eigenvalue weighted by Gasteiger charge is -2.24. The number of nitrogens with zero attached hydrogens (tertiary/aromatic N) is 3. The molecule has 39 heavy (non-hydrogen) atoms. The largest absolute Gasteiger partial charge is 0.493 e. The molecular weight excluding hydrogens is 516 g/mol. The summed E-state index contributed by atoms with van der Waals surface area (Å²) in [5.74, 6) is 2.30. The number of rotatable bonds is 10. The molecule has 0 atom stereocenters. The van der Waals surface area contributed by atoms with Gasteiger partial charge < -0.3 is 28.8 Å². The van der Waals surface area contributed by atoms with Crippen LogP contribution in [-0.2, 0) is 11.5 Å². The van der Waals surface area contributed by atoms with Crippen LogP contribution in [0.5, 0.6) is 17.2 Å². The number of amides is 1. The van der Waals surface area contributed by atoms with Gasteiger partial charge in [0.2, 0.25) is 5.75 Å². The number of hydrogen-bond donors (Lipinski definition) is 1. The summed E-state index contributed by atoms with van der Waals surface area (Å²) >= 11 is 0. The second-order valence-electron chi connectivity index (χ2n) is 10.8. The summed E-state index contributed by atoms with van der Waals surface area (Å²) in [4.78, 5) is 23.1. The molecule has 0 aliphatic rings. The second kappa shape index (κ2) is 13.4. The summed E-state index contributed by atoms with van der Waals surface area (Å²) in [7, 11) is 4.02. The van der Waals surface area contributed by atoms with E-state index in [2.05, 4.69) is 24.1 Å². The number of carbonyl (C=O) groups excluding carboxylic acids is 1. The van der Waals surface area contributed by atoms with Gasteiger partial charge in [-0.05, 0) is 58.6 Å². The number of aromatic nitrogens is 3. The van der Waals surface area contributed by atoms with Gasteiger partial charge in [0, 0.05) is 22.5 Å². The third-order valence-electron chi connectivity index (χ3n) is 5.75. The molecule has 0 saturated heterocycles. The minimum absolute atomic E-state index is 0.204. The van der Waals surface area contributed by atoms with E-state index < -0.39 is 15.6 Å². The predicted octanol–water partition coefficient (Wildman–Crippen LogP) is 5.66. The monoisotopic (exact) mass is 562 g/mol. The highest BCUT2D eigenvalue weighted by Gasteiger charge is 2.26. The van der Waals surface area contributed by atoms with E-state index in [9.17, 15) is 4.79 Å². The maximum absolute atomic E-state index is 13.4. The van der Waals surface area contributed by atoms with E-state index in [1.807, 2.05) is 58.2 Å².